The summed E-state index contributed by atoms with van der Waals surface area (Å²) in [6, 6.07) is 22.5. The summed E-state index contributed by atoms with van der Waals surface area (Å²) in [4.78, 5) is 13.1. The van der Waals surface area contributed by atoms with Crippen molar-refractivity contribution in [3.63, 3.8) is 0 Å². The number of carbonyl (C=O) groups is 1. The number of hydrogen-bond donors (Lipinski definition) is 1. The Balaban J connectivity index is 1.46. The Kier molecular flexibility index (Phi) is 8.63. The maximum absolute atomic E-state index is 12.0. The molecule has 0 unspecified atom stereocenters. The van der Waals surface area contributed by atoms with Crippen molar-refractivity contribution in [1.82, 2.24) is 5.43 Å². The van der Waals surface area contributed by atoms with E-state index in [1.165, 1.54) is 0 Å². The lowest BCUT2D eigenvalue weighted by Crippen LogP contribution is -2.17. The minimum Gasteiger partial charge on any atom is -0.488 e. The highest BCUT2D eigenvalue weighted by Gasteiger charge is 2.04. The fraction of sp³-hybridized carbons (Fsp3) is 0.130. The number of benzene rings is 3. The Labute approximate surface area is 190 Å². The van der Waals surface area contributed by atoms with Gasteiger partial charge in [0.05, 0.1) is 6.21 Å². The number of para-hydroxylation sites is 1. The molecule has 4 nitrogen and oxygen atoms in total. The van der Waals surface area contributed by atoms with Crippen molar-refractivity contribution in [3.05, 3.63) is 94.0 Å². The molecule has 30 heavy (non-hydrogen) atoms. The lowest BCUT2D eigenvalue weighted by Gasteiger charge is -2.09. The molecule has 0 radical (unpaired) electrons. The molecule has 0 saturated heterocycles. The van der Waals surface area contributed by atoms with E-state index >= 15 is 0 Å². The molecule has 0 aliphatic heterocycles. The minimum absolute atomic E-state index is 0.146. The molecule has 0 heterocycles. The third kappa shape index (κ3) is 7.41. The van der Waals surface area contributed by atoms with Gasteiger partial charge in [0.15, 0.2) is 0 Å². The van der Waals surface area contributed by atoms with Gasteiger partial charge >= 0.3 is 0 Å². The molecule has 0 bridgehead atoms. The zero-order chi connectivity index (χ0) is 21.2. The topological polar surface area (TPSA) is 50.7 Å². The standard InChI is InChI=1S/C23H20Cl2N2O2S/c24-19-7-5-17(6-8-19)16-29-22-4-2-1-3-18(22)15-26-27-23(28)13-14-30-21-11-9-20(25)10-12-21/h1-12,15H,13-14,16H2,(H,27,28)/b26-15+. The Hall–Kier alpha value is -2.47. The largest absolute Gasteiger partial charge is 0.488 e. The van der Waals surface area contributed by atoms with E-state index in [9.17, 15) is 4.79 Å². The number of amides is 1. The third-order valence-corrected chi connectivity index (χ3v) is 5.55. The van der Waals surface area contributed by atoms with Crippen molar-refractivity contribution in [2.45, 2.75) is 17.9 Å². The molecule has 0 atom stereocenters. The first-order valence-electron chi connectivity index (χ1n) is 9.27. The van der Waals surface area contributed by atoms with E-state index in [4.69, 9.17) is 27.9 Å². The lowest BCUT2D eigenvalue weighted by molar-refractivity contribution is -0.120. The summed E-state index contributed by atoms with van der Waals surface area (Å²) >= 11 is 13.4. The van der Waals surface area contributed by atoms with Gasteiger partial charge < -0.3 is 4.74 Å². The predicted octanol–water partition coefficient (Wildman–Crippen LogP) is 6.20. The van der Waals surface area contributed by atoms with Gasteiger partial charge in [0.2, 0.25) is 5.91 Å². The van der Waals surface area contributed by atoms with Gasteiger partial charge in [-0.2, -0.15) is 5.10 Å². The molecule has 0 aromatic heterocycles. The second-order valence-electron chi connectivity index (χ2n) is 6.30. The van der Waals surface area contributed by atoms with E-state index in [1.54, 1.807) is 18.0 Å². The molecule has 3 rings (SSSR count). The number of ether oxygens (including phenoxy) is 1. The average molecular weight is 459 g/mol. The van der Waals surface area contributed by atoms with Crippen LogP contribution in [0.5, 0.6) is 5.75 Å². The van der Waals surface area contributed by atoms with Gasteiger partial charge in [0.25, 0.3) is 0 Å². The fourth-order valence-electron chi connectivity index (χ4n) is 2.48. The SMILES string of the molecule is O=C(CCSc1ccc(Cl)cc1)N/N=C/c1ccccc1OCc1ccc(Cl)cc1. The van der Waals surface area contributed by atoms with Gasteiger partial charge in [0, 0.05) is 32.7 Å². The molecule has 1 amide bonds. The van der Waals surface area contributed by atoms with Crippen LogP contribution in [-0.4, -0.2) is 17.9 Å². The van der Waals surface area contributed by atoms with Crippen LogP contribution < -0.4 is 10.2 Å². The molecule has 7 heteroatoms. The van der Waals surface area contributed by atoms with E-state index in [0.29, 0.717) is 34.6 Å². The van der Waals surface area contributed by atoms with Gasteiger partial charge in [0.1, 0.15) is 12.4 Å². The number of carbonyl (C=O) groups excluding carboxylic acids is 1. The minimum atomic E-state index is -0.146. The van der Waals surface area contributed by atoms with Crippen LogP contribution >= 0.6 is 35.0 Å². The lowest BCUT2D eigenvalue weighted by atomic mass is 10.2. The summed E-state index contributed by atoms with van der Waals surface area (Å²) in [7, 11) is 0. The molecule has 0 fully saturated rings. The monoisotopic (exact) mass is 458 g/mol. The molecule has 0 aliphatic rings. The Morgan fingerprint density at radius 2 is 1.63 bits per heavy atom. The zero-order valence-electron chi connectivity index (χ0n) is 16.1. The van der Waals surface area contributed by atoms with Crippen molar-refractivity contribution in [2.24, 2.45) is 5.10 Å². The number of hydrazone groups is 1. The van der Waals surface area contributed by atoms with Crippen LogP contribution in [0.15, 0.2) is 82.8 Å². The van der Waals surface area contributed by atoms with Crippen molar-refractivity contribution in [1.29, 1.82) is 0 Å². The Morgan fingerprint density at radius 3 is 2.37 bits per heavy atom. The highest BCUT2D eigenvalue weighted by molar-refractivity contribution is 7.99. The molecule has 3 aromatic carbocycles. The highest BCUT2D eigenvalue weighted by atomic mass is 35.5. The maximum Gasteiger partial charge on any atom is 0.240 e. The quantitative estimate of drug-likeness (QED) is 0.235. The molecule has 0 spiro atoms. The number of rotatable bonds is 9. The van der Waals surface area contributed by atoms with E-state index in [-0.39, 0.29) is 5.91 Å². The Morgan fingerprint density at radius 1 is 0.967 bits per heavy atom. The Bertz CT molecular complexity index is 993. The van der Waals surface area contributed by atoms with Crippen molar-refractivity contribution in [2.75, 3.05) is 5.75 Å². The second-order valence-corrected chi connectivity index (χ2v) is 8.34. The second kappa shape index (κ2) is 11.6. The van der Waals surface area contributed by atoms with E-state index in [2.05, 4.69) is 10.5 Å². The number of hydrogen-bond acceptors (Lipinski definition) is 4. The summed E-state index contributed by atoms with van der Waals surface area (Å²) in [5.41, 5.74) is 4.35. The molecule has 0 saturated carbocycles. The fourth-order valence-corrected chi connectivity index (χ4v) is 3.59. The van der Waals surface area contributed by atoms with Gasteiger partial charge in [-0.1, -0.05) is 47.5 Å². The summed E-state index contributed by atoms with van der Waals surface area (Å²) < 4.78 is 5.88. The first-order valence-corrected chi connectivity index (χ1v) is 11.0. The first kappa shape index (κ1) is 22.2. The van der Waals surface area contributed by atoms with Gasteiger partial charge in [-0.25, -0.2) is 5.43 Å². The predicted molar refractivity (Wildman–Crippen MR) is 125 cm³/mol. The van der Waals surface area contributed by atoms with E-state index < -0.39 is 0 Å². The van der Waals surface area contributed by atoms with Gasteiger partial charge in [-0.05, 0) is 54.1 Å². The van der Waals surface area contributed by atoms with Crippen molar-refractivity contribution >= 4 is 47.1 Å². The summed E-state index contributed by atoms with van der Waals surface area (Å²) in [5.74, 6) is 1.19. The number of nitrogens with one attached hydrogen (secondary N) is 1. The van der Waals surface area contributed by atoms with Crippen LogP contribution in [0.4, 0.5) is 0 Å². The van der Waals surface area contributed by atoms with Crippen LogP contribution in [0.1, 0.15) is 17.5 Å². The summed E-state index contributed by atoms with van der Waals surface area (Å²) in [6.07, 6.45) is 1.95. The van der Waals surface area contributed by atoms with E-state index in [0.717, 1.165) is 16.0 Å². The summed E-state index contributed by atoms with van der Waals surface area (Å²) in [5, 5.41) is 5.44. The molecule has 0 aliphatic carbocycles. The number of halogens is 2. The molecule has 1 N–H and O–H groups in total. The first-order chi connectivity index (χ1) is 14.6. The summed E-state index contributed by atoms with van der Waals surface area (Å²) in [6.45, 7) is 0.413. The number of nitrogens with zero attached hydrogens (tertiary/aromatic N) is 1. The van der Waals surface area contributed by atoms with E-state index in [1.807, 2.05) is 72.8 Å². The molecular weight excluding hydrogens is 439 g/mol. The normalized spacial score (nSPS) is 10.9. The van der Waals surface area contributed by atoms with Crippen LogP contribution in [0.3, 0.4) is 0 Å². The molecule has 3 aromatic rings. The smallest absolute Gasteiger partial charge is 0.240 e. The molecular formula is C23H20Cl2N2O2S. The number of thioether (sulfide) groups is 1. The zero-order valence-corrected chi connectivity index (χ0v) is 18.4. The van der Waals surface area contributed by atoms with Crippen LogP contribution in [0, 0.1) is 0 Å². The average Bonchev–Trinajstić information content (AvgIpc) is 2.75. The van der Waals surface area contributed by atoms with Crippen molar-refractivity contribution in [3.8, 4) is 5.75 Å². The maximum atomic E-state index is 12.0. The van der Waals surface area contributed by atoms with Gasteiger partial charge in [-0.15, -0.1) is 11.8 Å². The van der Waals surface area contributed by atoms with Crippen molar-refractivity contribution < 1.29 is 9.53 Å². The van der Waals surface area contributed by atoms with Crippen LogP contribution in [0.25, 0.3) is 0 Å². The highest BCUT2D eigenvalue weighted by Crippen LogP contribution is 2.21. The van der Waals surface area contributed by atoms with Crippen LogP contribution in [-0.2, 0) is 11.4 Å². The third-order valence-electron chi connectivity index (χ3n) is 4.03. The molecule has 154 valence electrons. The van der Waals surface area contributed by atoms with Crippen LogP contribution in [0.2, 0.25) is 10.0 Å². The van der Waals surface area contributed by atoms with Gasteiger partial charge in [-0.3, -0.25) is 4.79 Å².